The van der Waals surface area contributed by atoms with Crippen molar-refractivity contribution in [3.05, 3.63) is 105 Å². The van der Waals surface area contributed by atoms with Gasteiger partial charge in [-0.25, -0.2) is 4.79 Å². The number of Topliss-reactive ketones (excluding diaryl/α,β-unsaturated/α-hetero) is 1. The number of esters is 1. The van der Waals surface area contributed by atoms with Crippen molar-refractivity contribution in [2.75, 3.05) is 11.5 Å². The van der Waals surface area contributed by atoms with Crippen molar-refractivity contribution in [3.8, 4) is 0 Å². The summed E-state index contributed by atoms with van der Waals surface area (Å²) < 4.78 is 5.28. The first-order valence-corrected chi connectivity index (χ1v) is 12.4. The van der Waals surface area contributed by atoms with Crippen LogP contribution in [0.5, 0.6) is 0 Å². The fraction of sp³-hybridized carbons (Fsp3) is 0.207. The van der Waals surface area contributed by atoms with Gasteiger partial charge in [-0.3, -0.25) is 14.5 Å². The summed E-state index contributed by atoms with van der Waals surface area (Å²) >= 11 is 12.2. The summed E-state index contributed by atoms with van der Waals surface area (Å²) in [5.74, 6) is -2.28. The van der Waals surface area contributed by atoms with Gasteiger partial charge in [-0.05, 0) is 60.9 Å². The third-order valence-corrected chi connectivity index (χ3v) is 6.66. The standard InChI is InChI=1S/C29H25Cl2NO5/c1-16(2)15-37-29(36)18-7-10-21(11-8-18)32-25(19-6-4-5-17(3)13-19)24(27(34)28(32)35)26(33)20-9-12-22(30)23(31)14-20/h4-14,16,25,33H,15H2,1-3H3/b26-24-. The van der Waals surface area contributed by atoms with Crippen molar-refractivity contribution < 1.29 is 24.2 Å². The topological polar surface area (TPSA) is 83.9 Å². The third-order valence-electron chi connectivity index (χ3n) is 5.92. The molecule has 1 atom stereocenters. The van der Waals surface area contributed by atoms with E-state index in [9.17, 15) is 19.5 Å². The fourth-order valence-corrected chi connectivity index (χ4v) is 4.44. The Hall–Kier alpha value is -3.61. The van der Waals surface area contributed by atoms with Gasteiger partial charge in [0.1, 0.15) is 5.76 Å². The molecule has 6 nitrogen and oxygen atoms in total. The van der Waals surface area contributed by atoms with Crippen molar-refractivity contribution in [1.82, 2.24) is 0 Å². The number of anilines is 1. The maximum absolute atomic E-state index is 13.3. The minimum absolute atomic E-state index is 0.0746. The molecule has 1 aliphatic heterocycles. The molecule has 0 spiro atoms. The predicted molar refractivity (Wildman–Crippen MR) is 144 cm³/mol. The van der Waals surface area contributed by atoms with Gasteiger partial charge in [0, 0.05) is 11.3 Å². The number of rotatable bonds is 6. The number of aliphatic hydroxyl groups excluding tert-OH is 1. The molecular weight excluding hydrogens is 513 g/mol. The molecule has 0 aromatic heterocycles. The van der Waals surface area contributed by atoms with Gasteiger partial charge in [-0.2, -0.15) is 0 Å². The van der Waals surface area contributed by atoms with Gasteiger partial charge in [-0.1, -0.05) is 66.9 Å². The number of benzene rings is 3. The lowest BCUT2D eigenvalue weighted by atomic mass is 9.94. The second-order valence-electron chi connectivity index (χ2n) is 9.25. The van der Waals surface area contributed by atoms with Crippen LogP contribution in [0.4, 0.5) is 5.69 Å². The highest BCUT2D eigenvalue weighted by Crippen LogP contribution is 2.42. The van der Waals surface area contributed by atoms with Gasteiger partial charge in [0.25, 0.3) is 11.7 Å². The maximum atomic E-state index is 13.3. The highest BCUT2D eigenvalue weighted by molar-refractivity contribution is 6.51. The SMILES string of the molecule is Cc1cccc(C2/C(=C(/O)c3ccc(Cl)c(Cl)c3)C(=O)C(=O)N2c2ccc(C(=O)OCC(C)C)cc2)c1. The number of halogens is 2. The van der Waals surface area contributed by atoms with E-state index in [1.807, 2.05) is 39.0 Å². The van der Waals surface area contributed by atoms with E-state index in [0.29, 0.717) is 21.8 Å². The van der Waals surface area contributed by atoms with Crippen molar-refractivity contribution in [1.29, 1.82) is 0 Å². The van der Waals surface area contributed by atoms with Crippen LogP contribution in [0.3, 0.4) is 0 Å². The van der Waals surface area contributed by atoms with Gasteiger partial charge in [0.05, 0.1) is 33.8 Å². The predicted octanol–water partition coefficient (Wildman–Crippen LogP) is 6.74. The molecule has 1 aliphatic rings. The number of carbonyl (C=O) groups excluding carboxylic acids is 3. The number of aliphatic hydroxyl groups is 1. The van der Waals surface area contributed by atoms with Crippen LogP contribution in [-0.4, -0.2) is 29.4 Å². The number of hydrogen-bond acceptors (Lipinski definition) is 5. The second-order valence-corrected chi connectivity index (χ2v) is 10.1. The lowest BCUT2D eigenvalue weighted by molar-refractivity contribution is -0.132. The molecule has 0 radical (unpaired) electrons. The van der Waals surface area contributed by atoms with Crippen LogP contribution < -0.4 is 4.90 Å². The molecule has 1 unspecified atom stereocenters. The molecule has 1 amide bonds. The molecule has 8 heteroatoms. The van der Waals surface area contributed by atoms with Crippen LogP contribution >= 0.6 is 23.2 Å². The maximum Gasteiger partial charge on any atom is 0.338 e. The van der Waals surface area contributed by atoms with Gasteiger partial charge >= 0.3 is 5.97 Å². The highest BCUT2D eigenvalue weighted by atomic mass is 35.5. The summed E-state index contributed by atoms with van der Waals surface area (Å²) in [7, 11) is 0. The van der Waals surface area contributed by atoms with Crippen molar-refractivity contribution in [2.24, 2.45) is 5.92 Å². The Balaban J connectivity index is 1.81. The van der Waals surface area contributed by atoms with Gasteiger partial charge < -0.3 is 9.84 Å². The lowest BCUT2D eigenvalue weighted by Gasteiger charge is -2.26. The zero-order chi connectivity index (χ0) is 26.9. The monoisotopic (exact) mass is 537 g/mol. The summed E-state index contributed by atoms with van der Waals surface area (Å²) in [5, 5.41) is 11.7. The Bertz CT molecular complexity index is 1410. The molecule has 3 aromatic carbocycles. The zero-order valence-electron chi connectivity index (χ0n) is 20.5. The van der Waals surface area contributed by atoms with Crippen LogP contribution in [0.25, 0.3) is 5.76 Å². The van der Waals surface area contributed by atoms with Gasteiger partial charge in [0.15, 0.2) is 0 Å². The van der Waals surface area contributed by atoms with E-state index < -0.39 is 23.7 Å². The molecular formula is C29H25Cl2NO5. The second kappa shape index (κ2) is 10.8. The molecule has 0 aliphatic carbocycles. The third kappa shape index (κ3) is 5.41. The number of hydrogen-bond donors (Lipinski definition) is 1. The van der Waals surface area contributed by atoms with Crippen LogP contribution in [0, 0.1) is 12.8 Å². The molecule has 4 rings (SSSR count). The minimum Gasteiger partial charge on any atom is -0.507 e. The van der Waals surface area contributed by atoms with E-state index in [1.165, 1.54) is 23.1 Å². The first-order chi connectivity index (χ1) is 17.6. The van der Waals surface area contributed by atoms with E-state index in [2.05, 4.69) is 0 Å². The number of nitrogens with zero attached hydrogens (tertiary/aromatic N) is 1. The van der Waals surface area contributed by atoms with Crippen molar-refractivity contribution >= 4 is 52.3 Å². The van der Waals surface area contributed by atoms with Gasteiger partial charge in [-0.15, -0.1) is 0 Å². The summed E-state index contributed by atoms with van der Waals surface area (Å²) in [4.78, 5) is 40.3. The molecule has 1 heterocycles. The Labute approximate surface area is 225 Å². The molecule has 1 fully saturated rings. The lowest BCUT2D eigenvalue weighted by Crippen LogP contribution is -2.29. The molecule has 1 N–H and O–H groups in total. The molecule has 0 bridgehead atoms. The summed E-state index contributed by atoms with van der Waals surface area (Å²) in [5.41, 5.74) is 2.45. The zero-order valence-corrected chi connectivity index (χ0v) is 22.0. The average Bonchev–Trinajstić information content (AvgIpc) is 3.14. The van der Waals surface area contributed by atoms with E-state index in [1.54, 1.807) is 30.3 Å². The number of carbonyl (C=O) groups is 3. The smallest absolute Gasteiger partial charge is 0.338 e. The Morgan fingerprint density at radius 3 is 2.27 bits per heavy atom. The molecule has 3 aromatic rings. The van der Waals surface area contributed by atoms with E-state index >= 15 is 0 Å². The number of ether oxygens (including phenoxy) is 1. The molecule has 0 saturated carbocycles. The largest absolute Gasteiger partial charge is 0.507 e. The highest BCUT2D eigenvalue weighted by Gasteiger charge is 2.47. The Morgan fingerprint density at radius 2 is 1.65 bits per heavy atom. The van der Waals surface area contributed by atoms with Crippen molar-refractivity contribution in [3.63, 3.8) is 0 Å². The minimum atomic E-state index is -0.909. The number of aryl methyl sites for hydroxylation is 1. The molecule has 37 heavy (non-hydrogen) atoms. The van der Waals surface area contributed by atoms with Crippen molar-refractivity contribution in [2.45, 2.75) is 26.8 Å². The molecule has 190 valence electrons. The molecule has 1 saturated heterocycles. The summed E-state index contributed by atoms with van der Waals surface area (Å²) in [6, 6.07) is 17.2. The Kier molecular flexibility index (Phi) is 7.71. The summed E-state index contributed by atoms with van der Waals surface area (Å²) in [6.07, 6.45) is 0. The van der Waals surface area contributed by atoms with E-state index in [-0.39, 0.29) is 34.4 Å². The van der Waals surface area contributed by atoms with Gasteiger partial charge in [0.2, 0.25) is 0 Å². The van der Waals surface area contributed by atoms with Crippen LogP contribution in [-0.2, 0) is 14.3 Å². The first kappa shape index (κ1) is 26.5. The van der Waals surface area contributed by atoms with E-state index in [0.717, 1.165) is 5.56 Å². The Morgan fingerprint density at radius 1 is 0.973 bits per heavy atom. The van der Waals surface area contributed by atoms with Crippen LogP contribution in [0.1, 0.15) is 46.9 Å². The quantitative estimate of drug-likeness (QED) is 0.163. The fourth-order valence-electron chi connectivity index (χ4n) is 4.14. The first-order valence-electron chi connectivity index (χ1n) is 11.7. The average molecular weight is 538 g/mol. The summed E-state index contributed by atoms with van der Waals surface area (Å²) in [6.45, 7) is 6.07. The number of amides is 1. The number of ketones is 1. The normalized spacial score (nSPS) is 16.9. The van der Waals surface area contributed by atoms with E-state index in [4.69, 9.17) is 27.9 Å². The van der Waals surface area contributed by atoms with Crippen LogP contribution in [0.2, 0.25) is 10.0 Å². The van der Waals surface area contributed by atoms with Crippen LogP contribution in [0.15, 0.2) is 72.3 Å².